The number of nitrogens with zero attached hydrogens (tertiary/aromatic N) is 5. The molecule has 49 heavy (non-hydrogen) atoms. The molecule has 2 aliphatic rings. The summed E-state index contributed by atoms with van der Waals surface area (Å²) in [6.45, 7) is -0.0321. The Labute approximate surface area is 278 Å². The topological polar surface area (TPSA) is 107 Å². The quantitative estimate of drug-likeness (QED) is 0.0746. The number of pyridine rings is 1. The predicted molar refractivity (Wildman–Crippen MR) is 168 cm³/mol. The van der Waals surface area contributed by atoms with Crippen molar-refractivity contribution in [2.24, 2.45) is 28.5 Å². The van der Waals surface area contributed by atoms with E-state index in [1.54, 1.807) is 6.07 Å². The molecule has 268 valence electrons. The number of guanidine groups is 1. The lowest BCUT2D eigenvalue weighted by Gasteiger charge is -2.38. The van der Waals surface area contributed by atoms with Crippen LogP contribution >= 0.6 is 0 Å². The molecule has 1 atom stereocenters. The first-order chi connectivity index (χ1) is 23.0. The van der Waals surface area contributed by atoms with Crippen molar-refractivity contribution >= 4 is 22.7 Å². The fourth-order valence-electron chi connectivity index (χ4n) is 7.14. The summed E-state index contributed by atoms with van der Waals surface area (Å²) in [7, 11) is 1.33. The van der Waals surface area contributed by atoms with E-state index >= 15 is 0 Å². The van der Waals surface area contributed by atoms with Crippen molar-refractivity contribution < 1.29 is 40.2 Å². The number of nitrogens with two attached hydrogens (primary N) is 2. The van der Waals surface area contributed by atoms with Gasteiger partial charge in [-0.15, -0.1) is 5.10 Å². The highest BCUT2D eigenvalue weighted by Gasteiger charge is 2.38. The van der Waals surface area contributed by atoms with Gasteiger partial charge in [-0.25, -0.2) is 24.7 Å². The Morgan fingerprint density at radius 2 is 1.55 bits per heavy atom. The summed E-state index contributed by atoms with van der Waals surface area (Å²) in [5.41, 5.74) is 3.55. The molecule has 1 aliphatic carbocycles. The summed E-state index contributed by atoms with van der Waals surface area (Å²) in [6, 6.07) is 4.87. The molecule has 5 rings (SSSR count). The van der Waals surface area contributed by atoms with Gasteiger partial charge in [-0.05, 0) is 79.8 Å². The number of aliphatic hydroxyl groups excluding tert-OH is 1. The second-order valence-electron chi connectivity index (χ2n) is 12.9. The highest BCUT2D eigenvalue weighted by molar-refractivity contribution is 5.83. The van der Waals surface area contributed by atoms with Crippen molar-refractivity contribution in [3.05, 3.63) is 70.3 Å². The van der Waals surface area contributed by atoms with Crippen LogP contribution in [0.5, 0.6) is 0 Å². The van der Waals surface area contributed by atoms with Crippen LogP contribution in [0.3, 0.4) is 0 Å². The van der Waals surface area contributed by atoms with Crippen molar-refractivity contribution in [3.63, 3.8) is 0 Å². The molecule has 2 heterocycles. The smallest absolute Gasteiger partial charge is 0.396 e. The molecule has 2 aromatic carbocycles. The van der Waals surface area contributed by atoms with Crippen LogP contribution in [0.25, 0.3) is 10.9 Å². The maximum atomic E-state index is 14.4. The summed E-state index contributed by atoms with van der Waals surface area (Å²) in [4.78, 5) is 8.14. The van der Waals surface area contributed by atoms with Gasteiger partial charge < -0.3 is 20.6 Å². The van der Waals surface area contributed by atoms with Crippen LogP contribution in [0.4, 0.5) is 40.9 Å². The molecule has 0 radical (unpaired) electrons. The number of aliphatic hydroxyl groups is 1. The predicted octanol–water partition coefficient (Wildman–Crippen LogP) is 6.75. The summed E-state index contributed by atoms with van der Waals surface area (Å²) in [5, 5.41) is 14.4. The highest BCUT2D eigenvalue weighted by Crippen LogP contribution is 2.41. The van der Waals surface area contributed by atoms with E-state index < -0.39 is 41.7 Å². The van der Waals surface area contributed by atoms with Crippen LogP contribution in [-0.2, 0) is 25.4 Å². The van der Waals surface area contributed by atoms with E-state index in [2.05, 4.69) is 10.0 Å². The van der Waals surface area contributed by atoms with Crippen LogP contribution in [0, 0.1) is 23.5 Å². The number of hydrogen-bond donors (Lipinski definition) is 3. The summed E-state index contributed by atoms with van der Waals surface area (Å²) < 4.78 is 111. The van der Waals surface area contributed by atoms with E-state index in [1.807, 2.05) is 0 Å². The monoisotopic (exact) mass is 701 g/mol. The largest absolute Gasteiger partial charge is 0.416 e. The van der Waals surface area contributed by atoms with Gasteiger partial charge in [-0.2, -0.15) is 26.3 Å². The Morgan fingerprint density at radius 3 is 2.14 bits per heavy atom. The number of hydrogen-bond acceptors (Lipinski definition) is 6. The summed E-state index contributed by atoms with van der Waals surface area (Å²) in [5.74, 6) is 4.32. The Kier molecular flexibility index (Phi) is 10.8. The van der Waals surface area contributed by atoms with Crippen LogP contribution in [0.2, 0.25) is 0 Å². The number of fused-ring (bicyclic) bond motifs is 1. The number of anilines is 1. The first-order valence-corrected chi connectivity index (χ1v) is 16.1. The molecule has 8 nitrogen and oxygen atoms in total. The molecule has 16 heteroatoms. The first-order valence-electron chi connectivity index (χ1n) is 16.1. The maximum absolute atomic E-state index is 14.4. The molecule has 5 N–H and O–H groups in total. The third-order valence-electron chi connectivity index (χ3n) is 9.42. The van der Waals surface area contributed by atoms with E-state index in [-0.39, 0.29) is 47.7 Å². The number of rotatable bonds is 9. The Morgan fingerprint density at radius 1 is 0.918 bits per heavy atom. The molecule has 2 fully saturated rings. The van der Waals surface area contributed by atoms with Crippen LogP contribution < -0.4 is 16.5 Å². The number of aromatic nitrogens is 1. The van der Waals surface area contributed by atoms with Crippen LogP contribution in [0.1, 0.15) is 67.2 Å². The van der Waals surface area contributed by atoms with Gasteiger partial charge in [0.25, 0.3) is 0 Å². The number of benzene rings is 2. The number of hydrazone groups is 1. The van der Waals surface area contributed by atoms with Crippen molar-refractivity contribution in [1.29, 1.82) is 0 Å². The van der Waals surface area contributed by atoms with E-state index in [0.717, 1.165) is 62.2 Å². The molecule has 3 aromatic rings. The zero-order valence-electron chi connectivity index (χ0n) is 26.8. The average Bonchev–Trinajstić information content (AvgIpc) is 3.50. The number of hydrazine groups is 1. The molecule has 1 aliphatic heterocycles. The second-order valence-corrected chi connectivity index (χ2v) is 12.9. The van der Waals surface area contributed by atoms with E-state index in [1.165, 1.54) is 11.9 Å². The molecular formula is C33H39F8N7O. The van der Waals surface area contributed by atoms with Crippen molar-refractivity contribution in [3.8, 4) is 0 Å². The maximum Gasteiger partial charge on any atom is 0.416 e. The van der Waals surface area contributed by atoms with Crippen LogP contribution in [0.15, 0.2) is 41.5 Å². The van der Waals surface area contributed by atoms with Gasteiger partial charge in [0, 0.05) is 56.3 Å². The zero-order valence-corrected chi connectivity index (χ0v) is 26.8. The third kappa shape index (κ3) is 8.63. The third-order valence-corrected chi connectivity index (χ3v) is 9.42. The van der Waals surface area contributed by atoms with Gasteiger partial charge >= 0.3 is 12.4 Å². The Bertz CT molecular complexity index is 1620. The summed E-state index contributed by atoms with van der Waals surface area (Å²) in [6.07, 6.45) is -3.92. The highest BCUT2D eigenvalue weighted by atomic mass is 19.4. The molecular weight excluding hydrogens is 662 g/mol. The Hall–Kier alpha value is -3.92. The lowest BCUT2D eigenvalue weighted by molar-refractivity contribution is -0.143. The van der Waals surface area contributed by atoms with Crippen molar-refractivity contribution in [2.75, 3.05) is 25.1 Å². The molecule has 0 spiro atoms. The van der Waals surface area contributed by atoms with E-state index in [4.69, 9.17) is 16.6 Å². The lowest BCUT2D eigenvalue weighted by Crippen LogP contribution is -2.41. The van der Waals surface area contributed by atoms with Gasteiger partial charge in [0.05, 0.1) is 16.6 Å². The second kappa shape index (κ2) is 14.5. The normalized spacial score (nSPS) is 20.7. The standard InChI is InChI=1S/C33H39F8N7O/c1-46(43)45-31(42)47(17-20-11-24(32(36,37)38)15-25(12-20)33(39,40)41)18-23-13-22-14-26(34)27(35)16-28(22)44-30(23)48-9-2-3-29(48)21-6-4-19(5-7-21)8-10-49/h11-16,19,21,29,49H,2-10,17-18,43H2,1H3,(H2,42,45)/t19?,21?,29-/m1/s1. The van der Waals surface area contributed by atoms with Gasteiger partial charge in [0.1, 0.15) is 5.82 Å². The van der Waals surface area contributed by atoms with Gasteiger partial charge in [-0.3, -0.25) is 0 Å². The molecule has 0 amide bonds. The van der Waals surface area contributed by atoms with Gasteiger partial charge in [-0.1, -0.05) is 12.8 Å². The van der Waals surface area contributed by atoms with Crippen molar-refractivity contribution in [2.45, 2.75) is 76.4 Å². The first kappa shape index (κ1) is 36.4. The average molecular weight is 702 g/mol. The summed E-state index contributed by atoms with van der Waals surface area (Å²) >= 11 is 0. The molecule has 1 saturated heterocycles. The molecule has 0 bridgehead atoms. The number of halogens is 8. The minimum absolute atomic E-state index is 0.0444. The fourth-order valence-corrected chi connectivity index (χ4v) is 7.14. The van der Waals surface area contributed by atoms with Crippen LogP contribution in [-0.4, -0.2) is 52.3 Å². The SMILES string of the molecule is CN(N)/N=C(\N)N(Cc1cc(C(F)(F)F)cc(C(F)(F)F)c1)Cc1cc2cc(F)c(F)cc2nc1N1CCC[C@@H]1C1CCC(CCO)CC1. The van der Waals surface area contributed by atoms with Gasteiger partial charge in [0.2, 0.25) is 5.96 Å². The molecule has 1 aromatic heterocycles. The molecule has 1 saturated carbocycles. The zero-order chi connectivity index (χ0) is 35.7. The number of alkyl halides is 6. The van der Waals surface area contributed by atoms with E-state index in [9.17, 15) is 40.2 Å². The van der Waals surface area contributed by atoms with E-state index in [0.29, 0.717) is 41.9 Å². The van der Waals surface area contributed by atoms with Crippen molar-refractivity contribution in [1.82, 2.24) is 15.0 Å². The minimum Gasteiger partial charge on any atom is -0.396 e. The fraction of sp³-hybridized carbons (Fsp3) is 0.515. The van der Waals surface area contributed by atoms with Gasteiger partial charge in [0.15, 0.2) is 11.6 Å². The molecule has 0 unspecified atom stereocenters. The Balaban J connectivity index is 1.58. The lowest BCUT2D eigenvalue weighted by atomic mass is 9.77. The minimum atomic E-state index is -5.06.